The molecule has 1 amide bonds. The summed E-state index contributed by atoms with van der Waals surface area (Å²) in [6.07, 6.45) is 3.46. The van der Waals surface area contributed by atoms with Gasteiger partial charge in [-0.25, -0.2) is 13.1 Å². The number of benzene rings is 1. The molecule has 27 heavy (non-hydrogen) atoms. The fourth-order valence-corrected chi connectivity index (χ4v) is 4.77. The topological polar surface area (TPSA) is 87.7 Å². The number of halogens is 1. The number of nitrogens with one attached hydrogen (secondary N) is 2. The van der Waals surface area contributed by atoms with Gasteiger partial charge in [-0.05, 0) is 50.4 Å². The molecule has 3 rings (SSSR count). The molecule has 152 valence electrons. The first kappa shape index (κ1) is 21.9. The van der Waals surface area contributed by atoms with Gasteiger partial charge < -0.3 is 15.0 Å². The van der Waals surface area contributed by atoms with Gasteiger partial charge in [-0.2, -0.15) is 0 Å². The van der Waals surface area contributed by atoms with Crippen molar-refractivity contribution in [2.45, 2.75) is 49.6 Å². The summed E-state index contributed by atoms with van der Waals surface area (Å²) in [6.45, 7) is 4.35. The fraction of sp³-hybridized carbons (Fsp3) is 0.611. The molecule has 1 atom stereocenters. The molecule has 1 aromatic carbocycles. The van der Waals surface area contributed by atoms with Gasteiger partial charge in [-0.3, -0.25) is 4.79 Å². The summed E-state index contributed by atoms with van der Waals surface area (Å²) in [4.78, 5) is 15.0. The van der Waals surface area contributed by atoms with Gasteiger partial charge in [0.15, 0.2) is 0 Å². The van der Waals surface area contributed by atoms with Crippen LogP contribution in [0.15, 0.2) is 23.1 Å². The standard InChI is InChI=1S/C18H27N3O4S.ClH/c1-3-10-21(15-8-9-19-12-15)18(22)13-4-7-16(25-2)17(11-13)26(23,24)20-14-5-6-14;/h4,7,11,14-15,19-20H,3,5-6,8-10,12H2,1-2H3;1H. The lowest BCUT2D eigenvalue weighted by Gasteiger charge is -2.28. The average molecular weight is 418 g/mol. The van der Waals surface area contributed by atoms with E-state index in [4.69, 9.17) is 4.74 Å². The number of ether oxygens (including phenoxy) is 1. The minimum Gasteiger partial charge on any atom is -0.495 e. The van der Waals surface area contributed by atoms with Gasteiger partial charge in [0.2, 0.25) is 10.0 Å². The molecule has 1 saturated carbocycles. The summed E-state index contributed by atoms with van der Waals surface area (Å²) in [6, 6.07) is 4.78. The number of rotatable bonds is 8. The average Bonchev–Trinajstić information content (AvgIpc) is 3.26. The van der Waals surface area contributed by atoms with Gasteiger partial charge in [-0.1, -0.05) is 6.92 Å². The van der Waals surface area contributed by atoms with E-state index in [9.17, 15) is 13.2 Å². The van der Waals surface area contributed by atoms with Crippen molar-refractivity contribution in [2.75, 3.05) is 26.7 Å². The third-order valence-corrected chi connectivity index (χ3v) is 6.34. The van der Waals surface area contributed by atoms with Gasteiger partial charge in [0.25, 0.3) is 5.91 Å². The second kappa shape index (κ2) is 9.23. The third kappa shape index (κ3) is 5.13. The van der Waals surface area contributed by atoms with Crippen LogP contribution in [0, 0.1) is 0 Å². The third-order valence-electron chi connectivity index (χ3n) is 4.80. The second-order valence-corrected chi connectivity index (χ2v) is 8.59. The molecule has 1 saturated heterocycles. The molecule has 0 bridgehead atoms. The van der Waals surface area contributed by atoms with Crippen LogP contribution in [0.2, 0.25) is 0 Å². The zero-order valence-electron chi connectivity index (χ0n) is 15.7. The molecule has 1 aromatic rings. The largest absolute Gasteiger partial charge is 0.495 e. The zero-order chi connectivity index (χ0) is 18.7. The van der Waals surface area contributed by atoms with E-state index in [-0.39, 0.29) is 41.0 Å². The number of sulfonamides is 1. The molecule has 2 N–H and O–H groups in total. The molecule has 1 aliphatic heterocycles. The van der Waals surface area contributed by atoms with E-state index >= 15 is 0 Å². The van der Waals surface area contributed by atoms with E-state index in [2.05, 4.69) is 10.0 Å². The van der Waals surface area contributed by atoms with Crippen molar-refractivity contribution < 1.29 is 17.9 Å². The molecular weight excluding hydrogens is 390 g/mol. The number of methoxy groups -OCH3 is 1. The Bertz CT molecular complexity index is 762. The Morgan fingerprint density at radius 1 is 1.33 bits per heavy atom. The van der Waals surface area contributed by atoms with Gasteiger partial charge in [0.05, 0.1) is 7.11 Å². The SMILES string of the molecule is CCCN(C(=O)c1ccc(OC)c(S(=O)(=O)NC2CC2)c1)C1CCNC1.Cl. The van der Waals surface area contributed by atoms with Crippen molar-refractivity contribution in [3.05, 3.63) is 23.8 Å². The van der Waals surface area contributed by atoms with Gasteiger partial charge in [0.1, 0.15) is 10.6 Å². The van der Waals surface area contributed by atoms with Crippen LogP contribution in [0.1, 0.15) is 43.0 Å². The van der Waals surface area contributed by atoms with Crippen molar-refractivity contribution in [3.63, 3.8) is 0 Å². The molecule has 1 unspecified atom stereocenters. The van der Waals surface area contributed by atoms with Crippen LogP contribution >= 0.6 is 12.4 Å². The van der Waals surface area contributed by atoms with Gasteiger partial charge in [0, 0.05) is 30.7 Å². The van der Waals surface area contributed by atoms with Crippen LogP contribution in [0.3, 0.4) is 0 Å². The van der Waals surface area contributed by atoms with Crippen molar-refractivity contribution in [3.8, 4) is 5.75 Å². The first-order chi connectivity index (χ1) is 12.5. The summed E-state index contributed by atoms with van der Waals surface area (Å²) in [7, 11) is -2.28. The molecule has 7 nitrogen and oxygen atoms in total. The van der Waals surface area contributed by atoms with Crippen LogP contribution in [0.4, 0.5) is 0 Å². The lowest BCUT2D eigenvalue weighted by molar-refractivity contribution is 0.0692. The Kier molecular flexibility index (Phi) is 7.50. The van der Waals surface area contributed by atoms with Crippen LogP contribution < -0.4 is 14.8 Å². The highest BCUT2D eigenvalue weighted by atomic mass is 35.5. The zero-order valence-corrected chi connectivity index (χ0v) is 17.4. The molecule has 0 spiro atoms. The monoisotopic (exact) mass is 417 g/mol. The van der Waals surface area contributed by atoms with Crippen molar-refractivity contribution in [1.82, 2.24) is 14.9 Å². The molecule has 0 aromatic heterocycles. The Labute approximate surface area is 167 Å². The number of carbonyl (C=O) groups is 1. The first-order valence-corrected chi connectivity index (χ1v) is 10.7. The number of amides is 1. The second-order valence-electron chi connectivity index (χ2n) is 6.91. The van der Waals surface area contributed by atoms with Crippen LogP contribution in [-0.2, 0) is 10.0 Å². The summed E-state index contributed by atoms with van der Waals surface area (Å²) in [5, 5.41) is 3.28. The number of carbonyl (C=O) groups excluding carboxylic acids is 1. The van der Waals surface area contributed by atoms with Crippen molar-refractivity contribution in [1.29, 1.82) is 0 Å². The summed E-state index contributed by atoms with van der Waals surface area (Å²) in [5.74, 6) is 0.116. The highest BCUT2D eigenvalue weighted by molar-refractivity contribution is 7.89. The Hall–Kier alpha value is -1.35. The molecule has 1 aliphatic carbocycles. The summed E-state index contributed by atoms with van der Waals surface area (Å²) in [5.41, 5.74) is 0.377. The van der Waals surface area contributed by atoms with E-state index in [1.807, 2.05) is 11.8 Å². The minimum absolute atomic E-state index is 0. The Morgan fingerprint density at radius 2 is 2.07 bits per heavy atom. The molecular formula is C18H28ClN3O4S. The maximum Gasteiger partial charge on any atom is 0.254 e. The van der Waals surface area contributed by atoms with E-state index in [0.717, 1.165) is 38.8 Å². The minimum atomic E-state index is -3.71. The van der Waals surface area contributed by atoms with Crippen molar-refractivity contribution >= 4 is 28.3 Å². The number of hydrogen-bond donors (Lipinski definition) is 2. The normalized spacial score (nSPS) is 19.4. The van der Waals surface area contributed by atoms with Crippen LogP contribution in [0.5, 0.6) is 5.75 Å². The maximum absolute atomic E-state index is 13.1. The predicted molar refractivity (Wildman–Crippen MR) is 106 cm³/mol. The predicted octanol–water partition coefficient (Wildman–Crippen LogP) is 1.77. The highest BCUT2D eigenvalue weighted by Gasteiger charge is 2.32. The molecule has 2 fully saturated rings. The summed E-state index contributed by atoms with van der Waals surface area (Å²) >= 11 is 0. The highest BCUT2D eigenvalue weighted by Crippen LogP contribution is 2.29. The lowest BCUT2D eigenvalue weighted by Crippen LogP contribution is -2.42. The summed E-state index contributed by atoms with van der Waals surface area (Å²) < 4.78 is 33.2. The smallest absolute Gasteiger partial charge is 0.254 e. The van der Waals surface area contributed by atoms with E-state index in [1.54, 1.807) is 12.1 Å². The first-order valence-electron chi connectivity index (χ1n) is 9.18. The number of nitrogens with zero attached hydrogens (tertiary/aromatic N) is 1. The quantitative estimate of drug-likeness (QED) is 0.673. The van der Waals surface area contributed by atoms with Crippen LogP contribution in [0.25, 0.3) is 0 Å². The van der Waals surface area contributed by atoms with Gasteiger partial charge in [-0.15, -0.1) is 12.4 Å². The Balaban J connectivity index is 0.00000261. The Morgan fingerprint density at radius 3 is 2.63 bits per heavy atom. The maximum atomic E-state index is 13.1. The van der Waals surface area contributed by atoms with E-state index in [0.29, 0.717) is 12.1 Å². The van der Waals surface area contributed by atoms with E-state index in [1.165, 1.54) is 13.2 Å². The van der Waals surface area contributed by atoms with Crippen LogP contribution in [-0.4, -0.2) is 58.1 Å². The fourth-order valence-electron chi connectivity index (χ4n) is 3.27. The molecule has 1 heterocycles. The molecule has 0 radical (unpaired) electrons. The van der Waals surface area contributed by atoms with Crippen molar-refractivity contribution in [2.24, 2.45) is 0 Å². The van der Waals surface area contributed by atoms with Gasteiger partial charge >= 0.3 is 0 Å². The van der Waals surface area contributed by atoms with E-state index < -0.39 is 10.0 Å². The molecule has 9 heteroatoms. The molecule has 2 aliphatic rings. The lowest BCUT2D eigenvalue weighted by atomic mass is 10.1. The number of hydrogen-bond acceptors (Lipinski definition) is 5.